The highest BCUT2D eigenvalue weighted by Gasteiger charge is 2.07. The van der Waals surface area contributed by atoms with Crippen LogP contribution in [0.3, 0.4) is 0 Å². The zero-order valence-corrected chi connectivity index (χ0v) is 7.21. The smallest absolute Gasteiger partial charge is 0.196 e. The Bertz CT molecular complexity index is 181. The molecule has 0 N–H and O–H groups in total. The molecule has 1 aromatic heterocycles. The van der Waals surface area contributed by atoms with Crippen LogP contribution in [-0.4, -0.2) is 4.98 Å². The van der Waals surface area contributed by atoms with E-state index < -0.39 is 0 Å². The van der Waals surface area contributed by atoms with Gasteiger partial charge in [-0.25, -0.2) is 4.98 Å². The van der Waals surface area contributed by atoms with Crippen molar-refractivity contribution in [2.45, 2.75) is 39.0 Å². The molecule has 0 spiro atoms. The van der Waals surface area contributed by atoms with Crippen molar-refractivity contribution in [3.8, 4) is 0 Å². The van der Waals surface area contributed by atoms with Gasteiger partial charge in [-0.05, 0) is 6.42 Å². The quantitative estimate of drug-likeness (QED) is 0.664. The first-order valence-corrected chi connectivity index (χ1v) is 4.24. The first kappa shape index (κ1) is 8.31. The lowest BCUT2D eigenvalue weighted by molar-refractivity contribution is 0.439. The summed E-state index contributed by atoms with van der Waals surface area (Å²) in [4.78, 5) is 4.10. The molecule has 1 heterocycles. The van der Waals surface area contributed by atoms with Gasteiger partial charge in [0.1, 0.15) is 6.26 Å². The zero-order valence-electron chi connectivity index (χ0n) is 7.21. The molecule has 0 radical (unpaired) electrons. The average molecular weight is 153 g/mol. The van der Waals surface area contributed by atoms with Crippen molar-refractivity contribution in [1.82, 2.24) is 4.98 Å². The maximum Gasteiger partial charge on any atom is 0.196 e. The molecule has 1 rings (SSSR count). The van der Waals surface area contributed by atoms with Gasteiger partial charge in [-0.3, -0.25) is 0 Å². The molecule has 0 aliphatic heterocycles. The lowest BCUT2D eigenvalue weighted by Gasteiger charge is -2.04. The molecule has 1 aromatic rings. The maximum absolute atomic E-state index is 5.18. The van der Waals surface area contributed by atoms with Crippen LogP contribution in [0.2, 0.25) is 0 Å². The van der Waals surface area contributed by atoms with Crippen LogP contribution in [0.25, 0.3) is 0 Å². The predicted molar refractivity (Wildman–Crippen MR) is 44.4 cm³/mol. The number of rotatable bonds is 4. The summed E-state index contributed by atoms with van der Waals surface area (Å²) in [6.07, 6.45) is 7.02. The fourth-order valence-corrected chi connectivity index (χ4v) is 1.11. The van der Waals surface area contributed by atoms with E-state index in [4.69, 9.17) is 4.42 Å². The second-order valence-corrected chi connectivity index (χ2v) is 2.91. The van der Waals surface area contributed by atoms with Crippen molar-refractivity contribution in [2.75, 3.05) is 0 Å². The molecule has 62 valence electrons. The molecular formula is C9H15NO. The predicted octanol–water partition coefficient (Wildman–Crippen LogP) is 2.97. The molecule has 0 saturated carbocycles. The zero-order chi connectivity index (χ0) is 8.10. The number of unbranched alkanes of at least 4 members (excludes halogenated alkanes) is 1. The molecule has 0 bridgehead atoms. The Balaban J connectivity index is 2.36. The van der Waals surface area contributed by atoms with Crippen molar-refractivity contribution >= 4 is 0 Å². The third-order valence-electron chi connectivity index (χ3n) is 1.86. The molecule has 0 amide bonds. The van der Waals surface area contributed by atoms with Crippen LogP contribution >= 0.6 is 0 Å². The average Bonchev–Trinajstić information content (AvgIpc) is 2.52. The van der Waals surface area contributed by atoms with Crippen LogP contribution < -0.4 is 0 Å². The Morgan fingerprint density at radius 3 is 3.00 bits per heavy atom. The van der Waals surface area contributed by atoms with Crippen molar-refractivity contribution in [3.63, 3.8) is 0 Å². The van der Waals surface area contributed by atoms with Crippen LogP contribution in [0.4, 0.5) is 0 Å². The summed E-state index contributed by atoms with van der Waals surface area (Å²) in [5.41, 5.74) is 0. The van der Waals surface area contributed by atoms with E-state index >= 15 is 0 Å². The van der Waals surface area contributed by atoms with E-state index in [1.165, 1.54) is 19.3 Å². The summed E-state index contributed by atoms with van der Waals surface area (Å²) < 4.78 is 5.18. The van der Waals surface area contributed by atoms with Gasteiger partial charge in [0.25, 0.3) is 0 Å². The van der Waals surface area contributed by atoms with Crippen molar-refractivity contribution in [3.05, 3.63) is 18.4 Å². The first-order valence-electron chi connectivity index (χ1n) is 4.24. The topological polar surface area (TPSA) is 26.0 Å². The minimum atomic E-state index is 0.477. The number of nitrogens with zero attached hydrogens (tertiary/aromatic N) is 1. The first-order chi connectivity index (χ1) is 5.34. The van der Waals surface area contributed by atoms with Crippen LogP contribution in [0.15, 0.2) is 16.9 Å². The molecule has 11 heavy (non-hydrogen) atoms. The Hall–Kier alpha value is -0.790. The van der Waals surface area contributed by atoms with Gasteiger partial charge in [-0.1, -0.05) is 26.7 Å². The van der Waals surface area contributed by atoms with Gasteiger partial charge in [-0.2, -0.15) is 0 Å². The fourth-order valence-electron chi connectivity index (χ4n) is 1.11. The Labute approximate surface area is 67.6 Å². The number of hydrogen-bond donors (Lipinski definition) is 0. The SMILES string of the molecule is CCCCC(C)c1ncco1. The minimum Gasteiger partial charge on any atom is -0.449 e. The Morgan fingerprint density at radius 1 is 1.64 bits per heavy atom. The van der Waals surface area contributed by atoms with Crippen molar-refractivity contribution in [2.24, 2.45) is 0 Å². The van der Waals surface area contributed by atoms with E-state index in [0.717, 1.165) is 5.89 Å². The van der Waals surface area contributed by atoms with Gasteiger partial charge in [0, 0.05) is 5.92 Å². The molecule has 0 saturated heterocycles. The second kappa shape index (κ2) is 4.16. The fraction of sp³-hybridized carbons (Fsp3) is 0.667. The maximum atomic E-state index is 5.18. The van der Waals surface area contributed by atoms with E-state index in [-0.39, 0.29) is 0 Å². The Morgan fingerprint density at radius 2 is 2.45 bits per heavy atom. The standard InChI is InChI=1S/C9H15NO/c1-3-4-5-8(2)9-10-6-7-11-9/h6-8H,3-5H2,1-2H3. The highest BCUT2D eigenvalue weighted by atomic mass is 16.3. The lowest BCUT2D eigenvalue weighted by atomic mass is 10.1. The van der Waals surface area contributed by atoms with Gasteiger partial charge in [-0.15, -0.1) is 0 Å². The largest absolute Gasteiger partial charge is 0.449 e. The van der Waals surface area contributed by atoms with E-state index in [9.17, 15) is 0 Å². The van der Waals surface area contributed by atoms with Crippen molar-refractivity contribution in [1.29, 1.82) is 0 Å². The highest BCUT2D eigenvalue weighted by Crippen LogP contribution is 2.18. The summed E-state index contributed by atoms with van der Waals surface area (Å²) in [6, 6.07) is 0. The minimum absolute atomic E-state index is 0.477. The molecular weight excluding hydrogens is 138 g/mol. The molecule has 0 aromatic carbocycles. The third-order valence-corrected chi connectivity index (χ3v) is 1.86. The van der Waals surface area contributed by atoms with Gasteiger partial charge < -0.3 is 4.42 Å². The normalized spacial score (nSPS) is 13.3. The number of hydrogen-bond acceptors (Lipinski definition) is 2. The van der Waals surface area contributed by atoms with E-state index in [0.29, 0.717) is 5.92 Å². The van der Waals surface area contributed by atoms with E-state index in [1.807, 2.05) is 0 Å². The molecule has 1 atom stereocenters. The van der Waals surface area contributed by atoms with E-state index in [2.05, 4.69) is 18.8 Å². The number of oxazole rings is 1. The summed E-state index contributed by atoms with van der Waals surface area (Å²) in [7, 11) is 0. The highest BCUT2D eigenvalue weighted by molar-refractivity contribution is 4.88. The van der Waals surface area contributed by atoms with Crippen LogP contribution in [0.1, 0.15) is 44.9 Å². The van der Waals surface area contributed by atoms with Gasteiger partial charge in [0.05, 0.1) is 6.20 Å². The third kappa shape index (κ3) is 2.37. The van der Waals surface area contributed by atoms with Crippen molar-refractivity contribution < 1.29 is 4.42 Å². The summed E-state index contributed by atoms with van der Waals surface area (Å²) in [5, 5.41) is 0. The molecule has 2 heteroatoms. The van der Waals surface area contributed by atoms with Gasteiger partial charge in [0.2, 0.25) is 0 Å². The Kier molecular flexibility index (Phi) is 3.14. The molecule has 0 aliphatic carbocycles. The number of aromatic nitrogens is 1. The van der Waals surface area contributed by atoms with Gasteiger partial charge >= 0.3 is 0 Å². The molecule has 1 unspecified atom stereocenters. The molecule has 0 aliphatic rings. The van der Waals surface area contributed by atoms with Crippen LogP contribution in [-0.2, 0) is 0 Å². The molecule has 0 fully saturated rings. The monoisotopic (exact) mass is 153 g/mol. The van der Waals surface area contributed by atoms with E-state index in [1.54, 1.807) is 12.5 Å². The summed E-state index contributed by atoms with van der Waals surface area (Å²) >= 11 is 0. The van der Waals surface area contributed by atoms with Crippen LogP contribution in [0.5, 0.6) is 0 Å². The lowest BCUT2D eigenvalue weighted by Crippen LogP contribution is -1.92. The van der Waals surface area contributed by atoms with Crippen LogP contribution in [0, 0.1) is 0 Å². The second-order valence-electron chi connectivity index (χ2n) is 2.91. The van der Waals surface area contributed by atoms with Gasteiger partial charge in [0.15, 0.2) is 5.89 Å². The summed E-state index contributed by atoms with van der Waals surface area (Å²) in [5.74, 6) is 1.35. The summed E-state index contributed by atoms with van der Waals surface area (Å²) in [6.45, 7) is 4.35. The molecule has 2 nitrogen and oxygen atoms in total.